The summed E-state index contributed by atoms with van der Waals surface area (Å²) in [6.07, 6.45) is 0. The van der Waals surface area contributed by atoms with Crippen LogP contribution in [0.4, 0.5) is 0 Å². The zero-order valence-corrected chi connectivity index (χ0v) is 14.6. The van der Waals surface area contributed by atoms with Gasteiger partial charge in [-0.25, -0.2) is 4.98 Å². The average molecular weight is 353 g/mol. The molecule has 0 saturated carbocycles. The van der Waals surface area contributed by atoms with Gasteiger partial charge in [0.05, 0.1) is 11.1 Å². The number of amides is 1. The van der Waals surface area contributed by atoms with Crippen LogP contribution < -0.4 is 5.32 Å². The molecule has 23 heavy (non-hydrogen) atoms. The van der Waals surface area contributed by atoms with Crippen molar-refractivity contribution < 1.29 is 14.7 Å². The van der Waals surface area contributed by atoms with Crippen LogP contribution in [0.3, 0.4) is 0 Å². The normalized spacial score (nSPS) is 11.3. The fraction of sp³-hybridized carbons (Fsp3) is 0.312. The Morgan fingerprint density at radius 2 is 1.91 bits per heavy atom. The van der Waals surface area contributed by atoms with Crippen molar-refractivity contribution in [3.05, 3.63) is 39.9 Å². The van der Waals surface area contributed by atoms with E-state index < -0.39 is 11.4 Å². The highest BCUT2D eigenvalue weighted by atomic mass is 35.5. The summed E-state index contributed by atoms with van der Waals surface area (Å²) < 4.78 is 0. The predicted octanol–water partition coefficient (Wildman–Crippen LogP) is 3.61. The highest BCUT2D eigenvalue weighted by molar-refractivity contribution is 7.17. The highest BCUT2D eigenvalue weighted by Gasteiger charge is 2.28. The first kappa shape index (κ1) is 17.4. The van der Waals surface area contributed by atoms with Crippen LogP contribution in [0.15, 0.2) is 24.3 Å². The van der Waals surface area contributed by atoms with Gasteiger partial charge in [-0.3, -0.25) is 9.59 Å². The molecule has 1 heterocycles. The molecule has 0 aliphatic carbocycles. The van der Waals surface area contributed by atoms with Gasteiger partial charge < -0.3 is 10.4 Å². The van der Waals surface area contributed by atoms with Crippen LogP contribution in [-0.2, 0) is 4.79 Å². The minimum Gasteiger partial charge on any atom is -0.481 e. The molecule has 0 aliphatic heterocycles. The number of aromatic nitrogens is 1. The number of benzene rings is 1. The summed E-state index contributed by atoms with van der Waals surface area (Å²) >= 11 is 7.14. The number of thiazole rings is 1. The first-order valence-corrected chi connectivity index (χ1v) is 8.15. The third kappa shape index (κ3) is 4.09. The fourth-order valence-electron chi connectivity index (χ4n) is 1.78. The van der Waals surface area contributed by atoms with Gasteiger partial charge in [0.25, 0.3) is 5.91 Å². The number of hydrogen-bond acceptors (Lipinski definition) is 4. The first-order chi connectivity index (χ1) is 10.7. The molecule has 0 atom stereocenters. The van der Waals surface area contributed by atoms with E-state index >= 15 is 0 Å². The van der Waals surface area contributed by atoms with E-state index in [0.717, 1.165) is 10.6 Å². The number of nitrogens with zero attached hydrogens (tertiary/aromatic N) is 1. The largest absolute Gasteiger partial charge is 0.481 e. The smallest absolute Gasteiger partial charge is 0.310 e. The van der Waals surface area contributed by atoms with Gasteiger partial charge in [0.1, 0.15) is 9.88 Å². The summed E-state index contributed by atoms with van der Waals surface area (Å²) in [7, 11) is 0. The lowest BCUT2D eigenvalue weighted by Gasteiger charge is -2.19. The number of halogens is 1. The molecule has 0 radical (unpaired) electrons. The molecule has 1 amide bonds. The Morgan fingerprint density at radius 1 is 1.30 bits per heavy atom. The van der Waals surface area contributed by atoms with Crippen molar-refractivity contribution in [2.75, 3.05) is 6.54 Å². The highest BCUT2D eigenvalue weighted by Crippen LogP contribution is 2.29. The van der Waals surface area contributed by atoms with Crippen LogP contribution in [0.5, 0.6) is 0 Å². The lowest BCUT2D eigenvalue weighted by molar-refractivity contribution is -0.146. The van der Waals surface area contributed by atoms with Crippen LogP contribution in [0.1, 0.15) is 29.2 Å². The molecule has 0 aliphatic rings. The molecule has 2 rings (SSSR count). The topological polar surface area (TPSA) is 79.3 Å². The third-order valence-corrected chi connectivity index (χ3v) is 4.82. The molecular formula is C16H17ClN2O3S. The number of carboxylic acids is 1. The van der Waals surface area contributed by atoms with Crippen LogP contribution in [0.2, 0.25) is 5.02 Å². The molecule has 0 fully saturated rings. The number of aliphatic carboxylic acids is 1. The number of aryl methyl sites for hydroxylation is 1. The summed E-state index contributed by atoms with van der Waals surface area (Å²) in [6.45, 7) is 4.94. The van der Waals surface area contributed by atoms with E-state index in [1.165, 1.54) is 11.3 Å². The van der Waals surface area contributed by atoms with E-state index in [1.54, 1.807) is 32.9 Å². The molecule has 122 valence electrons. The molecule has 7 heteroatoms. The second kappa shape index (κ2) is 6.68. The number of rotatable bonds is 5. The fourth-order valence-corrected chi connectivity index (χ4v) is 2.89. The lowest BCUT2D eigenvalue weighted by atomic mass is 9.94. The summed E-state index contributed by atoms with van der Waals surface area (Å²) in [5, 5.41) is 13.1. The molecule has 5 nitrogen and oxygen atoms in total. The summed E-state index contributed by atoms with van der Waals surface area (Å²) in [5.41, 5.74) is 0.478. The molecule has 1 aromatic carbocycles. The van der Waals surface area contributed by atoms with E-state index in [0.29, 0.717) is 15.6 Å². The van der Waals surface area contributed by atoms with Gasteiger partial charge >= 0.3 is 5.97 Å². The number of carbonyl (C=O) groups is 2. The van der Waals surface area contributed by atoms with Crippen molar-refractivity contribution in [3.8, 4) is 10.6 Å². The van der Waals surface area contributed by atoms with E-state index in [4.69, 9.17) is 16.7 Å². The molecule has 0 saturated heterocycles. The minimum absolute atomic E-state index is 0.0504. The van der Waals surface area contributed by atoms with E-state index in [2.05, 4.69) is 10.3 Å². The number of nitrogens with one attached hydrogen (secondary N) is 1. The Balaban J connectivity index is 2.16. The monoisotopic (exact) mass is 352 g/mol. The van der Waals surface area contributed by atoms with Crippen molar-refractivity contribution >= 4 is 34.8 Å². The van der Waals surface area contributed by atoms with E-state index in [1.807, 2.05) is 12.1 Å². The Labute approximate surface area is 143 Å². The zero-order valence-electron chi connectivity index (χ0n) is 13.0. The second-order valence-electron chi connectivity index (χ2n) is 5.81. The first-order valence-electron chi connectivity index (χ1n) is 6.95. The summed E-state index contributed by atoms with van der Waals surface area (Å²) in [5.74, 6) is -1.27. The van der Waals surface area contributed by atoms with Gasteiger partial charge in [0.15, 0.2) is 0 Å². The van der Waals surface area contributed by atoms with Gasteiger partial charge in [0.2, 0.25) is 0 Å². The van der Waals surface area contributed by atoms with Crippen molar-refractivity contribution in [2.45, 2.75) is 20.8 Å². The maximum atomic E-state index is 12.3. The predicted molar refractivity (Wildman–Crippen MR) is 91.0 cm³/mol. The molecule has 0 spiro atoms. The van der Waals surface area contributed by atoms with Gasteiger partial charge in [-0.1, -0.05) is 23.7 Å². The minimum atomic E-state index is -1.02. The number of carbonyl (C=O) groups excluding carboxylic acids is 1. The van der Waals surface area contributed by atoms with Gasteiger partial charge in [-0.15, -0.1) is 11.3 Å². The van der Waals surface area contributed by atoms with Crippen molar-refractivity contribution in [3.63, 3.8) is 0 Å². The molecular weight excluding hydrogens is 336 g/mol. The Morgan fingerprint density at radius 3 is 2.48 bits per heavy atom. The summed E-state index contributed by atoms with van der Waals surface area (Å²) in [6, 6.07) is 7.22. The summed E-state index contributed by atoms with van der Waals surface area (Å²) in [4.78, 5) is 28.3. The average Bonchev–Trinajstić information content (AvgIpc) is 2.87. The van der Waals surface area contributed by atoms with Gasteiger partial charge in [-0.05, 0) is 32.9 Å². The van der Waals surface area contributed by atoms with Crippen molar-refractivity contribution in [1.82, 2.24) is 10.3 Å². The molecule has 2 aromatic rings. The number of carboxylic acid groups (broad SMARTS) is 1. The lowest BCUT2D eigenvalue weighted by Crippen LogP contribution is -2.38. The van der Waals surface area contributed by atoms with Gasteiger partial charge in [0, 0.05) is 17.1 Å². The SMILES string of the molecule is Cc1nc(-c2ccc(Cl)cc2)sc1C(=O)NCC(C)(C)C(=O)O. The molecule has 0 unspecified atom stereocenters. The van der Waals surface area contributed by atoms with Crippen molar-refractivity contribution in [1.29, 1.82) is 0 Å². The van der Waals surface area contributed by atoms with Crippen LogP contribution >= 0.6 is 22.9 Å². The zero-order chi connectivity index (χ0) is 17.2. The quantitative estimate of drug-likeness (QED) is 0.861. The standard InChI is InChI=1S/C16H17ClN2O3S/c1-9-12(13(20)18-8-16(2,3)15(21)22)23-14(19-9)10-4-6-11(17)7-5-10/h4-7H,8H2,1-3H3,(H,18,20)(H,21,22). The Hall–Kier alpha value is -1.92. The molecule has 1 aromatic heterocycles. The molecule has 0 bridgehead atoms. The van der Waals surface area contributed by atoms with Crippen LogP contribution in [0, 0.1) is 12.3 Å². The Bertz CT molecular complexity index is 738. The second-order valence-corrected chi connectivity index (χ2v) is 7.25. The van der Waals surface area contributed by atoms with E-state index in [9.17, 15) is 9.59 Å². The van der Waals surface area contributed by atoms with Gasteiger partial charge in [-0.2, -0.15) is 0 Å². The van der Waals surface area contributed by atoms with Crippen LogP contribution in [-0.4, -0.2) is 28.5 Å². The number of hydrogen-bond donors (Lipinski definition) is 2. The Kier molecular flexibility index (Phi) is 5.06. The van der Waals surface area contributed by atoms with Crippen molar-refractivity contribution in [2.24, 2.45) is 5.41 Å². The van der Waals surface area contributed by atoms with E-state index in [-0.39, 0.29) is 12.5 Å². The third-order valence-electron chi connectivity index (χ3n) is 3.36. The van der Waals surface area contributed by atoms with Crippen LogP contribution in [0.25, 0.3) is 10.6 Å². The maximum absolute atomic E-state index is 12.3. The maximum Gasteiger partial charge on any atom is 0.310 e. The molecule has 2 N–H and O–H groups in total.